The van der Waals surface area contributed by atoms with Crippen LogP contribution in [0.5, 0.6) is 11.5 Å². The van der Waals surface area contributed by atoms with Crippen LogP contribution in [0.25, 0.3) is 0 Å². The number of carbonyl (C=O) groups excluding carboxylic acids is 2. The fraction of sp³-hybridized carbons (Fsp3) is 0.600. The van der Waals surface area contributed by atoms with Crippen molar-refractivity contribution in [3.8, 4) is 11.5 Å². The van der Waals surface area contributed by atoms with Gasteiger partial charge in [-0.2, -0.15) is 0 Å². The Balaban J connectivity index is 1.75. The number of hydrogen-bond donors (Lipinski definition) is 3. The van der Waals surface area contributed by atoms with E-state index < -0.39 is 46.6 Å². The molecule has 7 unspecified atom stereocenters. The lowest BCUT2D eigenvalue weighted by molar-refractivity contribution is -0.220. The van der Waals surface area contributed by atoms with Crippen LogP contribution in [0.1, 0.15) is 68.6 Å². The number of aliphatic hydroxyl groups is 2. The normalized spacial score (nSPS) is 41.5. The summed E-state index contributed by atoms with van der Waals surface area (Å²) in [6.45, 7) is 9.33. The predicted molar refractivity (Wildman–Crippen MR) is 114 cm³/mol. The summed E-state index contributed by atoms with van der Waals surface area (Å²) in [4.78, 5) is 25.2. The molecular formula is C25H30O7. The van der Waals surface area contributed by atoms with Crippen molar-refractivity contribution in [3.63, 3.8) is 0 Å². The molecule has 5 rings (SSSR count). The third kappa shape index (κ3) is 2.49. The van der Waals surface area contributed by atoms with Gasteiger partial charge in [-0.3, -0.25) is 4.79 Å². The van der Waals surface area contributed by atoms with Crippen LogP contribution in [0.3, 0.4) is 0 Å². The smallest absolute Gasteiger partial charge is 0.342 e. The summed E-state index contributed by atoms with van der Waals surface area (Å²) in [5.74, 6) is -1.41. The Kier molecular flexibility index (Phi) is 4.26. The van der Waals surface area contributed by atoms with Gasteiger partial charge in [0.1, 0.15) is 28.8 Å². The highest BCUT2D eigenvalue weighted by Gasteiger charge is 2.67. The maximum Gasteiger partial charge on any atom is 0.342 e. The van der Waals surface area contributed by atoms with E-state index in [1.807, 2.05) is 26.8 Å². The minimum Gasteiger partial charge on any atom is -0.507 e. The average Bonchev–Trinajstić information content (AvgIpc) is 2.66. The van der Waals surface area contributed by atoms with E-state index in [4.69, 9.17) is 9.47 Å². The molecule has 0 amide bonds. The van der Waals surface area contributed by atoms with Crippen molar-refractivity contribution in [3.05, 3.63) is 34.9 Å². The average molecular weight is 443 g/mol. The molecular weight excluding hydrogens is 412 g/mol. The van der Waals surface area contributed by atoms with Crippen molar-refractivity contribution in [2.45, 2.75) is 71.4 Å². The monoisotopic (exact) mass is 442 g/mol. The maximum absolute atomic E-state index is 12.7. The van der Waals surface area contributed by atoms with E-state index in [1.54, 1.807) is 19.9 Å². The molecule has 1 fully saturated rings. The summed E-state index contributed by atoms with van der Waals surface area (Å²) < 4.78 is 11.7. The number of fused-ring (bicyclic) bond motifs is 6. The minimum atomic E-state index is -1.15. The van der Waals surface area contributed by atoms with Crippen molar-refractivity contribution < 1.29 is 34.4 Å². The summed E-state index contributed by atoms with van der Waals surface area (Å²) in [6, 6.07) is 1.33. The number of carbonyl (C=O) groups is 2. The van der Waals surface area contributed by atoms with Crippen molar-refractivity contribution >= 4 is 11.8 Å². The maximum atomic E-state index is 12.7. The standard InChI is InChI=1S/C25H30O7/c1-11-8-12-18(22(30)31-11)13(26)9-14-19(12)20(29)21-24(4)7-6-16(27)23(2,3)15(24)10-17(28)25(21,5)32-14/h6-7,9,11,15,17,20-21,26,28-29H,8,10H2,1-5H3. The highest BCUT2D eigenvalue weighted by atomic mass is 16.5. The first-order valence-electron chi connectivity index (χ1n) is 11.2. The molecule has 3 N–H and O–H groups in total. The van der Waals surface area contributed by atoms with E-state index in [1.165, 1.54) is 6.07 Å². The van der Waals surface area contributed by atoms with Gasteiger partial charge in [0.25, 0.3) is 0 Å². The molecule has 2 heterocycles. The van der Waals surface area contributed by atoms with Crippen LogP contribution in [-0.4, -0.2) is 44.9 Å². The van der Waals surface area contributed by atoms with Gasteiger partial charge in [0.2, 0.25) is 0 Å². The van der Waals surface area contributed by atoms with Crippen LogP contribution in [-0.2, 0) is 16.0 Å². The Morgan fingerprint density at radius 2 is 1.81 bits per heavy atom. The largest absolute Gasteiger partial charge is 0.507 e. The number of hydrogen-bond acceptors (Lipinski definition) is 7. The Bertz CT molecular complexity index is 1070. The topological polar surface area (TPSA) is 113 Å². The number of esters is 1. The van der Waals surface area contributed by atoms with Gasteiger partial charge in [-0.15, -0.1) is 0 Å². The third-order valence-corrected chi connectivity index (χ3v) is 8.62. The lowest BCUT2D eigenvalue weighted by Crippen LogP contribution is -2.68. The first-order valence-corrected chi connectivity index (χ1v) is 11.2. The van der Waals surface area contributed by atoms with Gasteiger partial charge in [0.15, 0.2) is 5.78 Å². The molecule has 1 aromatic rings. The molecule has 0 bridgehead atoms. The zero-order valence-corrected chi connectivity index (χ0v) is 19.0. The summed E-state index contributed by atoms with van der Waals surface area (Å²) >= 11 is 0. The van der Waals surface area contributed by atoms with Crippen molar-refractivity contribution in [1.82, 2.24) is 0 Å². The number of rotatable bonds is 0. The number of benzene rings is 1. The third-order valence-electron chi connectivity index (χ3n) is 8.62. The van der Waals surface area contributed by atoms with E-state index in [9.17, 15) is 24.9 Å². The van der Waals surface area contributed by atoms with Crippen LogP contribution in [0.2, 0.25) is 0 Å². The first-order chi connectivity index (χ1) is 14.8. The Labute approximate surface area is 187 Å². The molecule has 2 aliphatic heterocycles. The molecule has 1 aromatic carbocycles. The van der Waals surface area contributed by atoms with Crippen LogP contribution in [0, 0.1) is 22.7 Å². The van der Waals surface area contributed by atoms with Crippen LogP contribution in [0.4, 0.5) is 0 Å². The van der Waals surface area contributed by atoms with Gasteiger partial charge >= 0.3 is 5.97 Å². The highest BCUT2D eigenvalue weighted by Crippen LogP contribution is 2.65. The van der Waals surface area contributed by atoms with E-state index in [0.717, 1.165) is 0 Å². The fourth-order valence-electron chi connectivity index (χ4n) is 7.01. The summed E-state index contributed by atoms with van der Waals surface area (Å²) in [7, 11) is 0. The number of ketones is 1. The van der Waals surface area contributed by atoms with Crippen LogP contribution >= 0.6 is 0 Å². The number of ether oxygens (including phenoxy) is 2. The molecule has 4 aliphatic rings. The van der Waals surface area contributed by atoms with Crippen LogP contribution < -0.4 is 4.74 Å². The molecule has 172 valence electrons. The molecule has 2 aliphatic carbocycles. The predicted octanol–water partition coefficient (Wildman–Crippen LogP) is 2.85. The SMILES string of the molecule is CC1Cc2c(c(O)cc3c2C(O)C2C4(C)C=CC(=O)C(C)(C)C4CC(O)C2(C)O3)C(=O)O1. The molecule has 7 heteroatoms. The number of aromatic hydroxyl groups is 1. The second-order valence-electron chi connectivity index (χ2n) is 10.9. The van der Waals surface area contributed by atoms with Crippen molar-refractivity contribution in [2.75, 3.05) is 0 Å². The number of phenols is 1. The quantitative estimate of drug-likeness (QED) is 0.530. The van der Waals surface area contributed by atoms with Gasteiger partial charge in [-0.1, -0.05) is 26.8 Å². The minimum absolute atomic E-state index is 0.00117. The van der Waals surface area contributed by atoms with E-state index in [2.05, 4.69) is 0 Å². The fourth-order valence-corrected chi connectivity index (χ4v) is 7.01. The molecule has 7 nitrogen and oxygen atoms in total. The van der Waals surface area contributed by atoms with Gasteiger partial charge < -0.3 is 24.8 Å². The molecule has 0 spiro atoms. The summed E-state index contributed by atoms with van der Waals surface area (Å²) in [6.07, 6.45) is 1.71. The van der Waals surface area contributed by atoms with E-state index in [0.29, 0.717) is 24.0 Å². The van der Waals surface area contributed by atoms with Crippen LogP contribution in [0.15, 0.2) is 18.2 Å². The lowest BCUT2D eigenvalue weighted by atomic mass is 9.45. The van der Waals surface area contributed by atoms with Gasteiger partial charge in [-0.05, 0) is 43.2 Å². The number of phenolic OH excluding ortho intramolecular Hbond substituents is 1. The first kappa shape index (κ1) is 21.5. The second kappa shape index (κ2) is 6.35. The molecule has 0 radical (unpaired) electrons. The molecule has 1 saturated carbocycles. The summed E-state index contributed by atoms with van der Waals surface area (Å²) in [5.41, 5.74) is -1.47. The Morgan fingerprint density at radius 3 is 2.50 bits per heavy atom. The van der Waals surface area contributed by atoms with Gasteiger partial charge in [-0.25, -0.2) is 4.79 Å². The molecule has 0 saturated heterocycles. The van der Waals surface area contributed by atoms with Gasteiger partial charge in [0.05, 0.1) is 12.2 Å². The zero-order valence-electron chi connectivity index (χ0n) is 19.0. The Morgan fingerprint density at radius 1 is 1.12 bits per heavy atom. The molecule has 0 aromatic heterocycles. The second-order valence-corrected chi connectivity index (χ2v) is 10.9. The van der Waals surface area contributed by atoms with Crippen molar-refractivity contribution in [1.29, 1.82) is 0 Å². The van der Waals surface area contributed by atoms with E-state index in [-0.39, 0.29) is 28.8 Å². The number of aliphatic hydroxyl groups excluding tert-OH is 2. The number of allylic oxidation sites excluding steroid dienone is 2. The zero-order chi connectivity index (χ0) is 23.4. The molecule has 7 atom stereocenters. The van der Waals surface area contributed by atoms with E-state index >= 15 is 0 Å². The lowest BCUT2D eigenvalue weighted by Gasteiger charge is -2.63. The highest BCUT2D eigenvalue weighted by molar-refractivity contribution is 5.97. The Hall–Kier alpha value is -2.38. The van der Waals surface area contributed by atoms with Gasteiger partial charge in [0, 0.05) is 29.4 Å². The summed E-state index contributed by atoms with van der Waals surface area (Å²) in [5, 5.41) is 33.7. The van der Waals surface area contributed by atoms with Crippen molar-refractivity contribution in [2.24, 2.45) is 22.7 Å². The number of cyclic esters (lactones) is 1. The molecule has 32 heavy (non-hydrogen) atoms.